The van der Waals surface area contributed by atoms with Gasteiger partial charge in [0.25, 0.3) is 0 Å². The Morgan fingerprint density at radius 3 is 2.50 bits per heavy atom. The number of anilines is 2. The SMILES string of the molecule is CCCNc1cc(NC2CCC(CCC)CC2)ncn1. The van der Waals surface area contributed by atoms with Crippen LogP contribution in [0.25, 0.3) is 0 Å². The summed E-state index contributed by atoms with van der Waals surface area (Å²) in [5.41, 5.74) is 0. The number of hydrogen-bond donors (Lipinski definition) is 2. The molecule has 20 heavy (non-hydrogen) atoms. The summed E-state index contributed by atoms with van der Waals surface area (Å²) in [5.74, 6) is 2.83. The lowest BCUT2D eigenvalue weighted by molar-refractivity contribution is 0.318. The summed E-state index contributed by atoms with van der Waals surface area (Å²) < 4.78 is 0. The van der Waals surface area contributed by atoms with Crippen molar-refractivity contribution in [2.24, 2.45) is 5.92 Å². The van der Waals surface area contributed by atoms with Gasteiger partial charge in [0.15, 0.2) is 0 Å². The van der Waals surface area contributed by atoms with E-state index in [0.717, 1.165) is 30.5 Å². The zero-order chi connectivity index (χ0) is 14.2. The molecule has 0 spiro atoms. The first-order valence-corrected chi connectivity index (χ1v) is 8.14. The average molecular weight is 276 g/mol. The quantitative estimate of drug-likeness (QED) is 0.788. The third-order valence-corrected chi connectivity index (χ3v) is 4.12. The van der Waals surface area contributed by atoms with Gasteiger partial charge in [-0.15, -0.1) is 0 Å². The second kappa shape index (κ2) is 8.08. The second-order valence-electron chi connectivity index (χ2n) is 5.87. The van der Waals surface area contributed by atoms with Crippen LogP contribution in [0, 0.1) is 5.92 Å². The molecule has 1 fully saturated rings. The molecule has 1 aromatic rings. The highest BCUT2D eigenvalue weighted by atomic mass is 15.1. The third-order valence-electron chi connectivity index (χ3n) is 4.12. The van der Waals surface area contributed by atoms with Crippen molar-refractivity contribution in [2.45, 2.75) is 64.8 Å². The van der Waals surface area contributed by atoms with Gasteiger partial charge in [0.05, 0.1) is 0 Å². The van der Waals surface area contributed by atoms with Crippen molar-refractivity contribution in [3.63, 3.8) is 0 Å². The van der Waals surface area contributed by atoms with Crippen LogP contribution in [0.1, 0.15) is 58.8 Å². The van der Waals surface area contributed by atoms with Gasteiger partial charge in [-0.2, -0.15) is 0 Å². The Morgan fingerprint density at radius 2 is 1.80 bits per heavy atom. The Hall–Kier alpha value is -1.32. The molecule has 0 radical (unpaired) electrons. The van der Waals surface area contributed by atoms with Crippen LogP contribution in [0.15, 0.2) is 12.4 Å². The van der Waals surface area contributed by atoms with Gasteiger partial charge in [-0.3, -0.25) is 0 Å². The molecular formula is C16H28N4. The van der Waals surface area contributed by atoms with Gasteiger partial charge in [0.2, 0.25) is 0 Å². The van der Waals surface area contributed by atoms with Crippen molar-refractivity contribution in [3.8, 4) is 0 Å². The Bertz CT molecular complexity index is 386. The summed E-state index contributed by atoms with van der Waals surface area (Å²) >= 11 is 0. The van der Waals surface area contributed by atoms with Gasteiger partial charge in [0, 0.05) is 18.7 Å². The first-order chi connectivity index (χ1) is 9.81. The van der Waals surface area contributed by atoms with E-state index in [0.29, 0.717) is 6.04 Å². The number of hydrogen-bond acceptors (Lipinski definition) is 4. The number of aromatic nitrogens is 2. The van der Waals surface area contributed by atoms with E-state index in [1.165, 1.54) is 38.5 Å². The number of rotatable bonds is 7. The molecule has 0 aromatic carbocycles. The van der Waals surface area contributed by atoms with Crippen LogP contribution in [0.5, 0.6) is 0 Å². The molecule has 2 rings (SSSR count). The van der Waals surface area contributed by atoms with Crippen molar-refractivity contribution in [1.29, 1.82) is 0 Å². The summed E-state index contributed by atoms with van der Waals surface area (Å²) in [6.45, 7) is 5.40. The molecule has 0 aliphatic heterocycles. The standard InChI is InChI=1S/C16H28N4/c1-3-5-13-6-8-14(9-7-13)20-16-11-15(17-10-4-2)18-12-19-16/h11-14H,3-10H2,1-2H3,(H2,17,18,19,20). The maximum Gasteiger partial charge on any atom is 0.131 e. The van der Waals surface area contributed by atoms with E-state index in [4.69, 9.17) is 0 Å². The average Bonchev–Trinajstić information content (AvgIpc) is 2.48. The van der Waals surface area contributed by atoms with Crippen molar-refractivity contribution in [3.05, 3.63) is 12.4 Å². The van der Waals surface area contributed by atoms with Crippen LogP contribution >= 0.6 is 0 Å². The highest BCUT2D eigenvalue weighted by molar-refractivity contribution is 5.46. The Balaban J connectivity index is 1.81. The Kier molecular flexibility index (Phi) is 6.09. The molecule has 4 nitrogen and oxygen atoms in total. The maximum atomic E-state index is 4.33. The van der Waals surface area contributed by atoms with E-state index in [-0.39, 0.29) is 0 Å². The van der Waals surface area contributed by atoms with Gasteiger partial charge in [-0.25, -0.2) is 9.97 Å². The molecule has 1 aliphatic carbocycles. The van der Waals surface area contributed by atoms with E-state index >= 15 is 0 Å². The van der Waals surface area contributed by atoms with Gasteiger partial charge in [-0.05, 0) is 38.0 Å². The minimum atomic E-state index is 0.581. The summed E-state index contributed by atoms with van der Waals surface area (Å²) in [6, 6.07) is 2.60. The molecule has 112 valence electrons. The van der Waals surface area contributed by atoms with E-state index < -0.39 is 0 Å². The summed E-state index contributed by atoms with van der Waals surface area (Å²) in [7, 11) is 0. The highest BCUT2D eigenvalue weighted by Crippen LogP contribution is 2.29. The predicted octanol–water partition coefficient (Wildman–Crippen LogP) is 4.07. The van der Waals surface area contributed by atoms with Crippen molar-refractivity contribution in [2.75, 3.05) is 17.2 Å². The lowest BCUT2D eigenvalue weighted by Crippen LogP contribution is -2.26. The topological polar surface area (TPSA) is 49.8 Å². The van der Waals surface area contributed by atoms with E-state index in [1.807, 2.05) is 6.07 Å². The van der Waals surface area contributed by atoms with Crippen molar-refractivity contribution < 1.29 is 0 Å². The fourth-order valence-corrected chi connectivity index (χ4v) is 3.00. The molecule has 1 saturated carbocycles. The van der Waals surface area contributed by atoms with Crippen LogP contribution in [0.3, 0.4) is 0 Å². The molecule has 0 unspecified atom stereocenters. The first kappa shape index (κ1) is 15.1. The van der Waals surface area contributed by atoms with E-state index in [9.17, 15) is 0 Å². The van der Waals surface area contributed by atoms with Crippen LogP contribution < -0.4 is 10.6 Å². The smallest absolute Gasteiger partial charge is 0.131 e. The Labute approximate surface area is 122 Å². The molecule has 0 saturated heterocycles. The molecule has 1 aromatic heterocycles. The molecular weight excluding hydrogens is 248 g/mol. The largest absolute Gasteiger partial charge is 0.370 e. The molecule has 4 heteroatoms. The van der Waals surface area contributed by atoms with Crippen LogP contribution in [0.2, 0.25) is 0 Å². The summed E-state index contributed by atoms with van der Waals surface area (Å²) in [5, 5.41) is 6.87. The van der Waals surface area contributed by atoms with E-state index in [1.54, 1.807) is 6.33 Å². The second-order valence-corrected chi connectivity index (χ2v) is 5.87. The van der Waals surface area contributed by atoms with Crippen molar-refractivity contribution in [1.82, 2.24) is 9.97 Å². The number of nitrogens with zero attached hydrogens (tertiary/aromatic N) is 2. The number of nitrogens with one attached hydrogen (secondary N) is 2. The zero-order valence-corrected chi connectivity index (χ0v) is 12.9. The molecule has 1 heterocycles. The lowest BCUT2D eigenvalue weighted by Gasteiger charge is -2.29. The predicted molar refractivity (Wildman–Crippen MR) is 85.1 cm³/mol. The van der Waals surface area contributed by atoms with Crippen LogP contribution in [-0.4, -0.2) is 22.6 Å². The van der Waals surface area contributed by atoms with Crippen LogP contribution in [-0.2, 0) is 0 Å². The summed E-state index contributed by atoms with van der Waals surface area (Å²) in [6.07, 6.45) is 10.7. The molecule has 0 atom stereocenters. The monoisotopic (exact) mass is 276 g/mol. The summed E-state index contributed by atoms with van der Waals surface area (Å²) in [4.78, 5) is 8.58. The Morgan fingerprint density at radius 1 is 1.05 bits per heavy atom. The zero-order valence-electron chi connectivity index (χ0n) is 12.9. The first-order valence-electron chi connectivity index (χ1n) is 8.14. The normalized spacial score (nSPS) is 22.5. The molecule has 1 aliphatic rings. The van der Waals surface area contributed by atoms with Crippen LogP contribution in [0.4, 0.5) is 11.6 Å². The minimum Gasteiger partial charge on any atom is -0.370 e. The van der Waals surface area contributed by atoms with Gasteiger partial charge in [0.1, 0.15) is 18.0 Å². The molecule has 0 bridgehead atoms. The lowest BCUT2D eigenvalue weighted by atomic mass is 9.83. The van der Waals surface area contributed by atoms with E-state index in [2.05, 4.69) is 34.4 Å². The minimum absolute atomic E-state index is 0.581. The van der Waals surface area contributed by atoms with Gasteiger partial charge < -0.3 is 10.6 Å². The van der Waals surface area contributed by atoms with Gasteiger partial charge in [-0.1, -0.05) is 26.7 Å². The highest BCUT2D eigenvalue weighted by Gasteiger charge is 2.20. The third kappa shape index (κ3) is 4.66. The van der Waals surface area contributed by atoms with Gasteiger partial charge >= 0.3 is 0 Å². The molecule has 2 N–H and O–H groups in total. The molecule has 0 amide bonds. The van der Waals surface area contributed by atoms with Crippen molar-refractivity contribution >= 4 is 11.6 Å². The maximum absolute atomic E-state index is 4.33. The fraction of sp³-hybridized carbons (Fsp3) is 0.750. The fourth-order valence-electron chi connectivity index (χ4n) is 3.00.